The molecule has 0 saturated heterocycles. The van der Waals surface area contributed by atoms with Gasteiger partial charge in [-0.25, -0.2) is 9.37 Å². The van der Waals surface area contributed by atoms with Crippen molar-refractivity contribution in [2.75, 3.05) is 0 Å². The summed E-state index contributed by atoms with van der Waals surface area (Å²) in [6, 6.07) is 4.64. The Morgan fingerprint density at radius 2 is 2.05 bits per heavy atom. The maximum absolute atomic E-state index is 13.4. The fourth-order valence-electron chi connectivity index (χ4n) is 2.04. The average molecular weight is 304 g/mol. The molecule has 0 bridgehead atoms. The Bertz CT molecular complexity index is 776. The van der Waals surface area contributed by atoms with Crippen molar-refractivity contribution < 1.29 is 8.91 Å². The third-order valence-corrected chi connectivity index (χ3v) is 4.10. The minimum atomic E-state index is -0.323. The van der Waals surface area contributed by atoms with Crippen molar-refractivity contribution >= 4 is 11.3 Å². The van der Waals surface area contributed by atoms with Crippen molar-refractivity contribution in [1.29, 1.82) is 0 Å². The maximum Gasteiger partial charge on any atom is 0.270 e. The lowest BCUT2D eigenvalue weighted by atomic mass is 10.1. The molecule has 7 heteroatoms. The van der Waals surface area contributed by atoms with Crippen LogP contribution in [0, 0.1) is 19.7 Å². The first-order valence-corrected chi connectivity index (χ1v) is 7.16. The molecule has 0 aliphatic heterocycles. The van der Waals surface area contributed by atoms with Crippen LogP contribution in [0.2, 0.25) is 0 Å². The molecule has 0 atom stereocenters. The standard InChI is InChI=1S/C14H13FN4OS/c1-7-3-9(5-10(15)4-7)13-18-14(20-19-13)12-8(2)17-11(6-16)21-12/h3-5H,6,16H2,1-2H3. The summed E-state index contributed by atoms with van der Waals surface area (Å²) in [6.07, 6.45) is 0. The zero-order chi connectivity index (χ0) is 15.0. The fourth-order valence-corrected chi connectivity index (χ4v) is 2.90. The van der Waals surface area contributed by atoms with Crippen molar-refractivity contribution in [2.24, 2.45) is 5.73 Å². The number of hydrogen-bond acceptors (Lipinski definition) is 6. The van der Waals surface area contributed by atoms with Gasteiger partial charge in [0.1, 0.15) is 15.7 Å². The molecule has 0 spiro atoms. The molecule has 5 nitrogen and oxygen atoms in total. The van der Waals surface area contributed by atoms with E-state index in [0.29, 0.717) is 23.8 Å². The predicted octanol–water partition coefficient (Wildman–Crippen LogP) is 3.07. The Labute approximate surface area is 124 Å². The Kier molecular flexibility index (Phi) is 3.52. The Balaban J connectivity index is 2.01. The molecule has 0 aliphatic rings. The Morgan fingerprint density at radius 1 is 1.24 bits per heavy atom. The topological polar surface area (TPSA) is 77.8 Å². The van der Waals surface area contributed by atoms with E-state index in [2.05, 4.69) is 15.1 Å². The molecule has 108 valence electrons. The van der Waals surface area contributed by atoms with Crippen molar-refractivity contribution in [3.8, 4) is 22.2 Å². The molecule has 3 aromatic rings. The summed E-state index contributed by atoms with van der Waals surface area (Å²) in [5, 5.41) is 4.73. The third-order valence-electron chi connectivity index (χ3n) is 2.94. The normalized spacial score (nSPS) is 11.0. The van der Waals surface area contributed by atoms with Crippen LogP contribution in [0.4, 0.5) is 4.39 Å². The van der Waals surface area contributed by atoms with E-state index >= 15 is 0 Å². The number of nitrogens with two attached hydrogens (primary N) is 1. The molecule has 2 heterocycles. The van der Waals surface area contributed by atoms with E-state index in [1.807, 2.05) is 19.9 Å². The van der Waals surface area contributed by atoms with Gasteiger partial charge in [-0.05, 0) is 37.6 Å². The van der Waals surface area contributed by atoms with E-state index in [-0.39, 0.29) is 5.82 Å². The van der Waals surface area contributed by atoms with Crippen LogP contribution < -0.4 is 5.73 Å². The van der Waals surface area contributed by atoms with E-state index in [1.165, 1.54) is 23.5 Å². The van der Waals surface area contributed by atoms with E-state index < -0.39 is 0 Å². The lowest BCUT2D eigenvalue weighted by molar-refractivity contribution is 0.433. The molecular formula is C14H13FN4OS. The molecular weight excluding hydrogens is 291 g/mol. The average Bonchev–Trinajstić information content (AvgIpc) is 3.03. The van der Waals surface area contributed by atoms with Gasteiger partial charge in [-0.15, -0.1) is 11.3 Å². The highest BCUT2D eigenvalue weighted by atomic mass is 32.1. The number of aromatic nitrogens is 3. The summed E-state index contributed by atoms with van der Waals surface area (Å²) < 4.78 is 18.7. The molecule has 2 N–H and O–H groups in total. The third kappa shape index (κ3) is 2.70. The van der Waals surface area contributed by atoms with E-state index in [1.54, 1.807) is 0 Å². The quantitative estimate of drug-likeness (QED) is 0.804. The zero-order valence-electron chi connectivity index (χ0n) is 11.6. The minimum absolute atomic E-state index is 0.323. The predicted molar refractivity (Wildman–Crippen MR) is 78.2 cm³/mol. The number of thiazole rings is 1. The van der Waals surface area contributed by atoms with Gasteiger partial charge in [0.15, 0.2) is 0 Å². The molecule has 0 amide bonds. The smallest absolute Gasteiger partial charge is 0.270 e. The number of hydrogen-bond donors (Lipinski definition) is 1. The summed E-state index contributed by atoms with van der Waals surface area (Å²) in [7, 11) is 0. The van der Waals surface area contributed by atoms with Gasteiger partial charge in [0, 0.05) is 12.1 Å². The second-order valence-corrected chi connectivity index (χ2v) is 5.75. The molecule has 0 radical (unpaired) electrons. The largest absolute Gasteiger partial charge is 0.333 e. The molecule has 0 aliphatic carbocycles. The van der Waals surface area contributed by atoms with Crippen LogP contribution in [0.3, 0.4) is 0 Å². The fraction of sp³-hybridized carbons (Fsp3) is 0.214. The van der Waals surface area contributed by atoms with E-state index in [9.17, 15) is 4.39 Å². The number of nitrogens with zero attached hydrogens (tertiary/aromatic N) is 3. The van der Waals surface area contributed by atoms with Gasteiger partial charge in [0.25, 0.3) is 5.89 Å². The number of halogens is 1. The monoisotopic (exact) mass is 304 g/mol. The maximum atomic E-state index is 13.4. The molecule has 0 fully saturated rings. The molecule has 2 aromatic heterocycles. The van der Waals surface area contributed by atoms with Crippen molar-refractivity contribution in [3.63, 3.8) is 0 Å². The van der Waals surface area contributed by atoms with Crippen LogP contribution in [0.1, 0.15) is 16.3 Å². The van der Waals surface area contributed by atoms with Crippen LogP contribution in [0.15, 0.2) is 22.7 Å². The van der Waals surface area contributed by atoms with Crippen LogP contribution in [-0.4, -0.2) is 15.1 Å². The highest BCUT2D eigenvalue weighted by Crippen LogP contribution is 2.30. The molecule has 3 rings (SSSR count). The van der Waals surface area contributed by atoms with E-state index in [4.69, 9.17) is 10.3 Å². The van der Waals surface area contributed by atoms with Crippen LogP contribution in [0.25, 0.3) is 22.2 Å². The Hall–Kier alpha value is -2.12. The lowest BCUT2D eigenvalue weighted by Gasteiger charge is -1.97. The van der Waals surface area contributed by atoms with Crippen LogP contribution >= 0.6 is 11.3 Å². The van der Waals surface area contributed by atoms with E-state index in [0.717, 1.165) is 21.1 Å². The lowest BCUT2D eigenvalue weighted by Crippen LogP contribution is -1.94. The number of rotatable bonds is 3. The SMILES string of the molecule is Cc1cc(F)cc(-c2noc(-c3sc(CN)nc3C)n2)c1. The van der Waals surface area contributed by atoms with Crippen molar-refractivity contribution in [1.82, 2.24) is 15.1 Å². The van der Waals surface area contributed by atoms with Crippen LogP contribution in [-0.2, 0) is 6.54 Å². The minimum Gasteiger partial charge on any atom is -0.333 e. The van der Waals surface area contributed by atoms with Gasteiger partial charge in [-0.1, -0.05) is 5.16 Å². The molecule has 1 aromatic carbocycles. The molecule has 0 saturated carbocycles. The van der Waals surface area contributed by atoms with Gasteiger partial charge >= 0.3 is 0 Å². The second-order valence-electron chi connectivity index (χ2n) is 4.67. The van der Waals surface area contributed by atoms with Gasteiger partial charge in [-0.2, -0.15) is 4.98 Å². The van der Waals surface area contributed by atoms with Crippen molar-refractivity contribution in [2.45, 2.75) is 20.4 Å². The number of benzene rings is 1. The van der Waals surface area contributed by atoms with Gasteiger partial charge < -0.3 is 10.3 Å². The molecule has 0 unspecified atom stereocenters. The Morgan fingerprint density at radius 3 is 2.71 bits per heavy atom. The summed E-state index contributed by atoms with van der Waals surface area (Å²) in [4.78, 5) is 9.44. The second kappa shape index (κ2) is 5.34. The van der Waals surface area contributed by atoms with Crippen molar-refractivity contribution in [3.05, 3.63) is 40.3 Å². The molecule has 21 heavy (non-hydrogen) atoms. The van der Waals surface area contributed by atoms with Gasteiger partial charge in [-0.3, -0.25) is 0 Å². The summed E-state index contributed by atoms with van der Waals surface area (Å²) in [6.45, 7) is 4.05. The summed E-state index contributed by atoms with van der Waals surface area (Å²) in [5.74, 6) is 0.409. The van der Waals surface area contributed by atoms with Crippen LogP contribution in [0.5, 0.6) is 0 Å². The van der Waals surface area contributed by atoms with Gasteiger partial charge in [0.05, 0.1) is 5.69 Å². The zero-order valence-corrected chi connectivity index (χ0v) is 12.4. The highest BCUT2D eigenvalue weighted by molar-refractivity contribution is 7.15. The summed E-state index contributed by atoms with van der Waals surface area (Å²) >= 11 is 1.42. The highest BCUT2D eigenvalue weighted by Gasteiger charge is 2.17. The number of aryl methyl sites for hydroxylation is 2. The first kappa shape index (κ1) is 13.8. The first-order valence-electron chi connectivity index (χ1n) is 6.35. The first-order chi connectivity index (χ1) is 10.1. The van der Waals surface area contributed by atoms with Gasteiger partial charge in [0.2, 0.25) is 5.82 Å². The summed E-state index contributed by atoms with van der Waals surface area (Å²) in [5.41, 5.74) is 7.76.